The molecule has 0 aliphatic heterocycles. The molecule has 0 amide bonds. The smallest absolute Gasteiger partial charge is 0.159 e. The Morgan fingerprint density at radius 2 is 0.701 bits per heavy atom. The second-order valence-electron chi connectivity index (χ2n) is 19.7. The summed E-state index contributed by atoms with van der Waals surface area (Å²) in [6.07, 6.45) is 27.9. The summed E-state index contributed by atoms with van der Waals surface area (Å²) < 4.78 is 0. The maximum Gasteiger partial charge on any atom is 0.159 e. The van der Waals surface area contributed by atoms with Crippen molar-refractivity contribution in [2.75, 3.05) is 0 Å². The van der Waals surface area contributed by atoms with Crippen LogP contribution in [0.5, 0.6) is 0 Å². The second-order valence-corrected chi connectivity index (χ2v) is 19.7. The van der Waals surface area contributed by atoms with Gasteiger partial charge in [-0.15, -0.1) is 0 Å². The molecular weight excluding hydrogens is 1190 g/mol. The molecule has 576 valence electrons. The maximum absolute atomic E-state index is 10.8. The number of aryl methyl sites for hydroxylation is 2. The van der Waals surface area contributed by atoms with Crippen LogP contribution in [0.2, 0.25) is 0 Å². The average Bonchev–Trinajstić information content (AvgIpc) is 2.88. The number of hydrogen-bond acceptors (Lipinski definition) is 7. The van der Waals surface area contributed by atoms with Gasteiger partial charge in [-0.25, -0.2) is 0 Å². The van der Waals surface area contributed by atoms with E-state index >= 15 is 0 Å². The first-order valence-electron chi connectivity index (χ1n) is 37.9. The molecule has 3 fully saturated rings. The molecule has 0 aromatic heterocycles. The number of rotatable bonds is 11. The number of carbonyl (C=O) groups excluding carboxylic acids is 6. The van der Waals surface area contributed by atoms with Crippen molar-refractivity contribution >= 4 is 34.7 Å². The molecule has 3 aromatic carbocycles. The molecule has 3 saturated carbocycles. The van der Waals surface area contributed by atoms with Crippen LogP contribution in [0.3, 0.4) is 0 Å². The van der Waals surface area contributed by atoms with E-state index in [0.29, 0.717) is 54.0 Å². The van der Waals surface area contributed by atoms with Crippen LogP contribution in [0.15, 0.2) is 140 Å². The topological polar surface area (TPSA) is 123 Å². The first kappa shape index (κ1) is 132. The van der Waals surface area contributed by atoms with Crippen LogP contribution >= 0.6 is 0 Å². The van der Waals surface area contributed by atoms with Gasteiger partial charge in [0.15, 0.2) is 11.6 Å². The highest BCUT2D eigenvalue weighted by atomic mass is 16.3. The molecular formula is C90H174O7. The third kappa shape index (κ3) is 128. The van der Waals surface area contributed by atoms with Gasteiger partial charge in [-0.3, -0.25) is 24.0 Å². The lowest BCUT2D eigenvalue weighted by atomic mass is 9.87. The minimum Gasteiger partial charge on any atom is -0.393 e. The van der Waals surface area contributed by atoms with Gasteiger partial charge in [0.2, 0.25) is 0 Å². The molecule has 7 nitrogen and oxygen atoms in total. The van der Waals surface area contributed by atoms with Gasteiger partial charge in [0.05, 0.1) is 6.10 Å². The molecule has 3 aliphatic carbocycles. The largest absolute Gasteiger partial charge is 0.393 e. The predicted molar refractivity (Wildman–Crippen MR) is 449 cm³/mol. The fourth-order valence-electron chi connectivity index (χ4n) is 6.83. The number of hydrogen-bond donors (Lipinski definition) is 1. The first-order chi connectivity index (χ1) is 45.5. The Bertz CT molecular complexity index is 1910. The van der Waals surface area contributed by atoms with Gasteiger partial charge in [0, 0.05) is 42.2 Å². The summed E-state index contributed by atoms with van der Waals surface area (Å²) in [5, 5.41) is 8.67. The number of carbonyl (C=O) groups is 6. The zero-order chi connectivity index (χ0) is 77.8. The van der Waals surface area contributed by atoms with Gasteiger partial charge in [-0.2, -0.15) is 0 Å². The summed E-state index contributed by atoms with van der Waals surface area (Å²) in [6, 6.07) is 29.7. The van der Waals surface area contributed by atoms with Crippen LogP contribution in [0.4, 0.5) is 0 Å². The third-order valence-electron chi connectivity index (χ3n) is 12.8. The molecule has 3 aromatic rings. The van der Waals surface area contributed by atoms with Gasteiger partial charge in [-0.1, -0.05) is 384 Å². The van der Waals surface area contributed by atoms with Gasteiger partial charge >= 0.3 is 0 Å². The highest BCUT2D eigenvalue weighted by Crippen LogP contribution is 2.25. The van der Waals surface area contributed by atoms with Crippen molar-refractivity contribution in [2.24, 2.45) is 17.8 Å². The standard InChI is InChI=1S/C8H14O.C8H8O.C7H12O.C7H10O.2C7H8.C6H12.C6H10.C5H12O.C5H10O.C4H8O.9C2H6.2CH4/c2*1-7(9)8-5-3-2-4-6-8;1-6(8)7-4-2-3-5-7;1-4-7(5-2)6(3)8;2*1-7-5-3-2-4-6-7;1-6-4-2-3-5-6;1-4-6(3)5-2;2*1-3-5(6)4-2;1-3-4(2)5;9*1-2;;/h8H,2-6H2,1H3;2-6H,1H3;7H,2-5H2,1H3;4-5H,1H2,2-3H3;2*2-6H,1H3;6H,2-5H2,1H3;4-5H,1H2,2-3H3;5-6H,3-4H2,1-2H3;3-4H2,1-2H3;3H2,1-2H3;9*1-2H3;2*1H4/b;;;7-5+;;;;6-5-;;;;;;;;;;;;;;. The minimum atomic E-state index is -0.0648. The Morgan fingerprint density at radius 1 is 0.433 bits per heavy atom. The van der Waals surface area contributed by atoms with Crippen molar-refractivity contribution in [3.05, 3.63) is 156 Å². The molecule has 0 radical (unpaired) electrons. The summed E-state index contributed by atoms with van der Waals surface area (Å²) in [5.74, 6) is 3.47. The number of aliphatic hydroxyl groups excluding tert-OH is 1. The van der Waals surface area contributed by atoms with E-state index < -0.39 is 0 Å². The first-order valence-corrected chi connectivity index (χ1v) is 37.9. The minimum absolute atomic E-state index is 0. The molecule has 7 heteroatoms. The van der Waals surface area contributed by atoms with Crippen LogP contribution in [0.25, 0.3) is 0 Å². The molecule has 0 atom stereocenters. The Balaban J connectivity index is -0.0000000519. The summed E-state index contributed by atoms with van der Waals surface area (Å²) in [4.78, 5) is 62.5. The van der Waals surface area contributed by atoms with E-state index in [1.807, 2.05) is 259 Å². The van der Waals surface area contributed by atoms with Crippen LogP contribution in [0, 0.1) is 31.6 Å². The van der Waals surface area contributed by atoms with Crippen molar-refractivity contribution in [1.29, 1.82) is 0 Å². The maximum atomic E-state index is 10.8. The van der Waals surface area contributed by atoms with Crippen molar-refractivity contribution in [3.8, 4) is 0 Å². The Labute approximate surface area is 611 Å². The van der Waals surface area contributed by atoms with Crippen molar-refractivity contribution in [3.63, 3.8) is 0 Å². The van der Waals surface area contributed by atoms with Crippen molar-refractivity contribution in [1.82, 2.24) is 0 Å². The van der Waals surface area contributed by atoms with Crippen molar-refractivity contribution < 1.29 is 33.9 Å². The Kier molecular flexibility index (Phi) is 168. The average molecular weight is 1370 g/mol. The summed E-state index contributed by atoms with van der Waals surface area (Å²) >= 11 is 0. The molecule has 97 heavy (non-hydrogen) atoms. The quantitative estimate of drug-likeness (QED) is 0.115. The third-order valence-corrected chi connectivity index (χ3v) is 12.8. The molecule has 0 bridgehead atoms. The molecule has 0 heterocycles. The van der Waals surface area contributed by atoms with Gasteiger partial charge in [0.1, 0.15) is 23.1 Å². The molecule has 1 N–H and O–H groups in total. The SMILES string of the molecule is C.C.C=C/C(=C\C)C(C)=O.C=C/C(C)=C\C.CC.CC.CC.CC.CC.CC.CC.CC.CC.CC(=O)C1CCCC1.CC(=O)C1CCCCC1.CC(=O)c1ccccc1.CC1CCCC1.CCC(=O)CC.CCC(C)=O.CCC(O)CC.Cc1ccccc1.Cc1ccccc1. The van der Waals surface area contributed by atoms with Gasteiger partial charge in [0.25, 0.3) is 0 Å². The molecule has 0 spiro atoms. The van der Waals surface area contributed by atoms with E-state index in [9.17, 15) is 28.8 Å². The summed E-state index contributed by atoms with van der Waals surface area (Å²) in [7, 11) is 0. The molecule has 0 saturated heterocycles. The molecule has 6 rings (SSSR count). The van der Waals surface area contributed by atoms with E-state index in [1.54, 1.807) is 39.8 Å². The predicted octanol–water partition coefficient (Wildman–Crippen LogP) is 29.9. The fraction of sp³-hybridized carbons (Fsp3) is 0.644. The lowest BCUT2D eigenvalue weighted by molar-refractivity contribution is -0.122. The lowest BCUT2D eigenvalue weighted by Crippen LogP contribution is -2.13. The Hall–Kier alpha value is -5.40. The van der Waals surface area contributed by atoms with Crippen molar-refractivity contribution in [2.45, 2.75) is 372 Å². The molecule has 3 aliphatic rings. The van der Waals surface area contributed by atoms with Crippen LogP contribution in [-0.4, -0.2) is 45.9 Å². The van der Waals surface area contributed by atoms with E-state index in [1.165, 1.54) is 81.4 Å². The zero-order valence-corrected chi connectivity index (χ0v) is 69.8. The highest BCUT2D eigenvalue weighted by Gasteiger charge is 2.18. The van der Waals surface area contributed by atoms with E-state index in [2.05, 4.69) is 58.2 Å². The van der Waals surface area contributed by atoms with E-state index in [0.717, 1.165) is 50.0 Å². The van der Waals surface area contributed by atoms with Crippen LogP contribution in [0.1, 0.15) is 373 Å². The molecule has 0 unspecified atom stereocenters. The number of Topliss-reactive ketones (excluding diaryl/α,β-unsaturated/α-hetero) is 6. The zero-order valence-electron chi connectivity index (χ0n) is 69.8. The highest BCUT2D eigenvalue weighted by molar-refractivity contribution is 5.95. The summed E-state index contributed by atoms with van der Waals surface area (Å²) in [5.41, 5.74) is 5.34. The normalized spacial score (nSPS) is 11.2. The summed E-state index contributed by atoms with van der Waals surface area (Å²) in [6.45, 7) is 73.0. The van der Waals surface area contributed by atoms with Crippen LogP contribution in [-0.2, 0) is 24.0 Å². The second kappa shape index (κ2) is 124. The fourth-order valence-corrected chi connectivity index (χ4v) is 6.83. The number of aliphatic hydroxyl groups is 1. The van der Waals surface area contributed by atoms with Gasteiger partial charge in [-0.05, 0) is 114 Å². The van der Waals surface area contributed by atoms with Gasteiger partial charge < -0.3 is 9.90 Å². The lowest BCUT2D eigenvalue weighted by Gasteiger charge is -2.17. The van der Waals surface area contributed by atoms with E-state index in [4.69, 9.17) is 5.11 Å². The van der Waals surface area contributed by atoms with E-state index in [-0.39, 0.29) is 38.3 Å². The number of allylic oxidation sites excluding steroid dienone is 6. The van der Waals surface area contributed by atoms with Crippen LogP contribution < -0.4 is 0 Å². The number of benzene rings is 3. The Morgan fingerprint density at radius 3 is 0.794 bits per heavy atom. The number of ketones is 6. The monoisotopic (exact) mass is 1370 g/mol.